The quantitative estimate of drug-likeness (QED) is 0.574. The van der Waals surface area contributed by atoms with Crippen LogP contribution in [0.4, 0.5) is 11.4 Å². The monoisotopic (exact) mass is 438 g/mol. The van der Waals surface area contributed by atoms with Crippen LogP contribution in [0.2, 0.25) is 0 Å². The SMILES string of the molecule is COc1ccc(N(CCCC(=O)Nc2ccc3c4c(cccc24)CC3)S(C)(=O)=O)cc1. The zero-order valence-electron chi connectivity index (χ0n) is 17.7. The topological polar surface area (TPSA) is 75.7 Å². The molecule has 1 N–H and O–H groups in total. The van der Waals surface area contributed by atoms with Crippen molar-refractivity contribution in [1.29, 1.82) is 0 Å². The standard InChI is InChI=1S/C24H26N2O4S/c1-30-20-13-11-19(12-14-20)26(31(2,28)29)16-4-7-23(27)25-22-15-10-18-9-8-17-5-3-6-21(22)24(17)18/h3,5-6,10-15H,4,7-9,16H2,1-2H3,(H,25,27). The Bertz CT molecular complexity index is 1210. The molecule has 0 fully saturated rings. The number of hydrogen-bond acceptors (Lipinski definition) is 4. The summed E-state index contributed by atoms with van der Waals surface area (Å²) in [5.41, 5.74) is 4.01. The molecule has 31 heavy (non-hydrogen) atoms. The predicted molar refractivity (Wildman–Crippen MR) is 124 cm³/mol. The first-order chi connectivity index (χ1) is 14.9. The van der Waals surface area contributed by atoms with Gasteiger partial charge in [-0.1, -0.05) is 24.3 Å². The van der Waals surface area contributed by atoms with Crippen LogP contribution in [-0.2, 0) is 27.7 Å². The van der Waals surface area contributed by atoms with Gasteiger partial charge in [0, 0.05) is 24.0 Å². The van der Waals surface area contributed by atoms with Crippen LogP contribution in [0.15, 0.2) is 54.6 Å². The van der Waals surface area contributed by atoms with Crippen molar-refractivity contribution in [1.82, 2.24) is 0 Å². The van der Waals surface area contributed by atoms with Gasteiger partial charge in [-0.05, 0) is 66.1 Å². The summed E-state index contributed by atoms with van der Waals surface area (Å²) < 4.78 is 31.0. The predicted octanol–water partition coefficient (Wildman–Crippen LogP) is 4.13. The van der Waals surface area contributed by atoms with Gasteiger partial charge in [0.25, 0.3) is 0 Å². The van der Waals surface area contributed by atoms with E-state index in [9.17, 15) is 13.2 Å². The maximum Gasteiger partial charge on any atom is 0.232 e. The number of hydrogen-bond donors (Lipinski definition) is 1. The fraction of sp³-hybridized carbons (Fsp3) is 0.292. The van der Waals surface area contributed by atoms with E-state index in [4.69, 9.17) is 4.74 Å². The number of rotatable bonds is 8. The minimum absolute atomic E-state index is 0.123. The third kappa shape index (κ3) is 4.51. The first kappa shape index (κ1) is 21.2. The lowest BCUT2D eigenvalue weighted by molar-refractivity contribution is -0.116. The number of carbonyl (C=O) groups is 1. The van der Waals surface area contributed by atoms with E-state index < -0.39 is 10.0 Å². The van der Waals surface area contributed by atoms with Gasteiger partial charge in [0.05, 0.1) is 19.1 Å². The van der Waals surface area contributed by atoms with Gasteiger partial charge in [0.2, 0.25) is 15.9 Å². The minimum Gasteiger partial charge on any atom is -0.497 e. The summed E-state index contributed by atoms with van der Waals surface area (Å²) in [5, 5.41) is 5.33. The molecule has 0 radical (unpaired) electrons. The third-order valence-electron chi connectivity index (χ3n) is 5.68. The Morgan fingerprint density at radius 2 is 1.74 bits per heavy atom. The summed E-state index contributed by atoms with van der Waals surface area (Å²) in [4.78, 5) is 12.6. The van der Waals surface area contributed by atoms with E-state index in [1.54, 1.807) is 31.4 Å². The van der Waals surface area contributed by atoms with Crippen LogP contribution in [0.5, 0.6) is 5.75 Å². The number of carbonyl (C=O) groups excluding carboxylic acids is 1. The molecule has 1 aliphatic carbocycles. The maximum atomic E-state index is 12.6. The molecule has 162 valence electrons. The fourth-order valence-corrected chi connectivity index (χ4v) is 5.15. The number of anilines is 2. The van der Waals surface area contributed by atoms with E-state index >= 15 is 0 Å². The van der Waals surface area contributed by atoms with Crippen molar-refractivity contribution >= 4 is 38.1 Å². The Morgan fingerprint density at radius 1 is 1.03 bits per heavy atom. The van der Waals surface area contributed by atoms with Gasteiger partial charge in [-0.25, -0.2) is 8.42 Å². The lowest BCUT2D eigenvalue weighted by Gasteiger charge is -2.22. The van der Waals surface area contributed by atoms with Gasteiger partial charge in [0.15, 0.2) is 0 Å². The Hall–Kier alpha value is -3.06. The summed E-state index contributed by atoms with van der Waals surface area (Å²) in [6.45, 7) is 0.225. The molecule has 1 aliphatic rings. The van der Waals surface area contributed by atoms with Crippen molar-refractivity contribution in [2.24, 2.45) is 0 Å². The van der Waals surface area contributed by atoms with Crippen molar-refractivity contribution in [3.05, 3.63) is 65.7 Å². The highest BCUT2D eigenvalue weighted by atomic mass is 32.2. The van der Waals surface area contributed by atoms with Gasteiger partial charge >= 0.3 is 0 Å². The number of methoxy groups -OCH3 is 1. The summed E-state index contributed by atoms with van der Waals surface area (Å²) >= 11 is 0. The average molecular weight is 439 g/mol. The number of sulfonamides is 1. The second-order valence-corrected chi connectivity index (χ2v) is 9.70. The molecular formula is C24H26N2O4S. The maximum absolute atomic E-state index is 12.6. The Kier molecular flexibility index (Phi) is 5.87. The number of benzene rings is 3. The van der Waals surface area contributed by atoms with Gasteiger partial charge < -0.3 is 10.1 Å². The number of ether oxygens (including phenoxy) is 1. The van der Waals surface area contributed by atoms with E-state index in [0.29, 0.717) is 17.9 Å². The van der Waals surface area contributed by atoms with Crippen molar-refractivity contribution in [2.45, 2.75) is 25.7 Å². The molecule has 0 spiro atoms. The molecule has 0 unspecified atom stereocenters. The first-order valence-electron chi connectivity index (χ1n) is 10.3. The van der Waals surface area contributed by atoms with Gasteiger partial charge in [0.1, 0.15) is 5.75 Å². The molecule has 7 heteroatoms. The zero-order chi connectivity index (χ0) is 22.0. The van der Waals surface area contributed by atoms with E-state index in [-0.39, 0.29) is 18.9 Å². The molecule has 4 rings (SSSR count). The molecule has 0 saturated heterocycles. The summed E-state index contributed by atoms with van der Waals surface area (Å²) in [6, 6.07) is 17.1. The van der Waals surface area contributed by atoms with Crippen molar-refractivity contribution in [2.75, 3.05) is 29.5 Å². The minimum atomic E-state index is -3.46. The molecule has 0 aliphatic heterocycles. The van der Waals surface area contributed by atoms with Crippen LogP contribution in [0, 0.1) is 0 Å². The normalized spacial score (nSPS) is 12.7. The number of nitrogens with zero attached hydrogens (tertiary/aromatic N) is 1. The Balaban J connectivity index is 1.42. The molecule has 0 atom stereocenters. The molecule has 6 nitrogen and oxygen atoms in total. The molecule has 3 aromatic rings. The third-order valence-corrected chi connectivity index (χ3v) is 6.87. The fourth-order valence-electron chi connectivity index (χ4n) is 4.19. The number of aryl methyl sites for hydroxylation is 2. The molecule has 0 aromatic heterocycles. The highest BCUT2D eigenvalue weighted by molar-refractivity contribution is 7.92. The average Bonchev–Trinajstić information content (AvgIpc) is 3.17. The molecule has 0 saturated carbocycles. The summed E-state index contributed by atoms with van der Waals surface area (Å²) in [6.07, 6.45) is 3.88. The van der Waals surface area contributed by atoms with E-state index in [0.717, 1.165) is 23.9 Å². The van der Waals surface area contributed by atoms with E-state index in [1.165, 1.54) is 27.1 Å². The molecule has 1 amide bonds. The Morgan fingerprint density at radius 3 is 2.42 bits per heavy atom. The largest absolute Gasteiger partial charge is 0.497 e. The first-order valence-corrected chi connectivity index (χ1v) is 12.2. The summed E-state index contributed by atoms with van der Waals surface area (Å²) in [5.74, 6) is 0.531. The van der Waals surface area contributed by atoms with Gasteiger partial charge in [-0.15, -0.1) is 0 Å². The number of amides is 1. The van der Waals surface area contributed by atoms with Crippen LogP contribution in [-0.4, -0.2) is 34.2 Å². The Labute approximate surface area is 182 Å². The molecule has 0 heterocycles. The van der Waals surface area contributed by atoms with Gasteiger partial charge in [-0.2, -0.15) is 0 Å². The number of nitrogens with one attached hydrogen (secondary N) is 1. The van der Waals surface area contributed by atoms with Gasteiger partial charge in [-0.3, -0.25) is 9.10 Å². The van der Waals surface area contributed by atoms with Crippen molar-refractivity contribution < 1.29 is 17.9 Å². The van der Waals surface area contributed by atoms with Crippen LogP contribution in [0.3, 0.4) is 0 Å². The highest BCUT2D eigenvalue weighted by Crippen LogP contribution is 2.35. The second-order valence-electron chi connectivity index (χ2n) is 7.80. The molecule has 3 aromatic carbocycles. The molecule has 0 bridgehead atoms. The highest BCUT2D eigenvalue weighted by Gasteiger charge is 2.19. The second kappa shape index (κ2) is 8.59. The zero-order valence-corrected chi connectivity index (χ0v) is 18.5. The van der Waals surface area contributed by atoms with Crippen molar-refractivity contribution in [3.63, 3.8) is 0 Å². The molecular weight excluding hydrogens is 412 g/mol. The summed E-state index contributed by atoms with van der Waals surface area (Å²) in [7, 11) is -1.91. The lowest BCUT2D eigenvalue weighted by atomic mass is 10.0. The van der Waals surface area contributed by atoms with Crippen LogP contribution >= 0.6 is 0 Å². The van der Waals surface area contributed by atoms with Crippen LogP contribution < -0.4 is 14.4 Å². The smallest absolute Gasteiger partial charge is 0.232 e. The van der Waals surface area contributed by atoms with E-state index in [2.05, 4.69) is 17.4 Å². The van der Waals surface area contributed by atoms with Crippen molar-refractivity contribution in [3.8, 4) is 5.75 Å². The van der Waals surface area contributed by atoms with Crippen LogP contribution in [0.25, 0.3) is 10.8 Å². The van der Waals surface area contributed by atoms with Crippen LogP contribution in [0.1, 0.15) is 24.0 Å². The lowest BCUT2D eigenvalue weighted by Crippen LogP contribution is -2.31. The van der Waals surface area contributed by atoms with E-state index in [1.807, 2.05) is 18.2 Å².